The van der Waals surface area contributed by atoms with Gasteiger partial charge in [0.05, 0.1) is 12.9 Å². The van der Waals surface area contributed by atoms with Crippen molar-refractivity contribution in [3.05, 3.63) is 23.8 Å². The fourth-order valence-corrected chi connectivity index (χ4v) is 2.36. The van der Waals surface area contributed by atoms with Crippen molar-refractivity contribution >= 4 is 9.84 Å². The third kappa shape index (κ3) is 4.72. The van der Waals surface area contributed by atoms with Crippen molar-refractivity contribution < 1.29 is 18.3 Å². The SMILES string of the molecule is COc1ccc(C(C)N(C)CCS(C)(=O)=O)c(O)c1. The van der Waals surface area contributed by atoms with E-state index in [1.165, 1.54) is 13.4 Å². The Morgan fingerprint density at radius 2 is 2.05 bits per heavy atom. The topological polar surface area (TPSA) is 66.8 Å². The van der Waals surface area contributed by atoms with Gasteiger partial charge in [-0.05, 0) is 20.0 Å². The van der Waals surface area contributed by atoms with Crippen LogP contribution in [0.2, 0.25) is 0 Å². The first kappa shape index (κ1) is 15.8. The number of benzene rings is 1. The summed E-state index contributed by atoms with van der Waals surface area (Å²) in [7, 11) is 0.391. The van der Waals surface area contributed by atoms with Crippen LogP contribution in [0.4, 0.5) is 0 Å². The van der Waals surface area contributed by atoms with Gasteiger partial charge in [-0.15, -0.1) is 0 Å². The lowest BCUT2D eigenvalue weighted by atomic mass is 10.1. The zero-order chi connectivity index (χ0) is 14.6. The van der Waals surface area contributed by atoms with Gasteiger partial charge in [-0.3, -0.25) is 4.90 Å². The van der Waals surface area contributed by atoms with Crippen LogP contribution in [0.5, 0.6) is 11.5 Å². The Morgan fingerprint density at radius 3 is 2.53 bits per heavy atom. The molecule has 1 N–H and O–H groups in total. The van der Waals surface area contributed by atoms with Crippen LogP contribution in [0.15, 0.2) is 18.2 Å². The molecule has 1 aromatic rings. The molecule has 0 aliphatic heterocycles. The lowest BCUT2D eigenvalue weighted by Gasteiger charge is -2.25. The predicted molar refractivity (Wildman–Crippen MR) is 75.4 cm³/mol. The van der Waals surface area contributed by atoms with Gasteiger partial charge in [0.2, 0.25) is 0 Å². The normalized spacial score (nSPS) is 13.5. The Morgan fingerprint density at radius 1 is 1.42 bits per heavy atom. The molecule has 0 radical (unpaired) electrons. The maximum Gasteiger partial charge on any atom is 0.148 e. The highest BCUT2D eigenvalue weighted by Crippen LogP contribution is 2.30. The second-order valence-corrected chi connectivity index (χ2v) is 6.97. The molecule has 0 saturated carbocycles. The molecule has 0 fully saturated rings. The number of phenols is 1. The molecule has 5 nitrogen and oxygen atoms in total. The van der Waals surface area contributed by atoms with Gasteiger partial charge in [0.25, 0.3) is 0 Å². The van der Waals surface area contributed by atoms with Crippen molar-refractivity contribution in [3.8, 4) is 11.5 Å². The highest BCUT2D eigenvalue weighted by Gasteiger charge is 2.17. The lowest BCUT2D eigenvalue weighted by Crippen LogP contribution is -2.28. The van der Waals surface area contributed by atoms with E-state index in [-0.39, 0.29) is 17.5 Å². The summed E-state index contributed by atoms with van der Waals surface area (Å²) in [6, 6.07) is 5.04. The molecule has 0 amide bonds. The zero-order valence-corrected chi connectivity index (χ0v) is 12.6. The number of aromatic hydroxyl groups is 1. The van der Waals surface area contributed by atoms with Crippen molar-refractivity contribution in [1.82, 2.24) is 4.90 Å². The molecule has 19 heavy (non-hydrogen) atoms. The van der Waals surface area contributed by atoms with Crippen LogP contribution in [0, 0.1) is 0 Å². The van der Waals surface area contributed by atoms with Crippen LogP contribution in [-0.2, 0) is 9.84 Å². The van der Waals surface area contributed by atoms with E-state index in [1.54, 1.807) is 18.2 Å². The summed E-state index contributed by atoms with van der Waals surface area (Å²) in [4.78, 5) is 1.89. The Balaban J connectivity index is 2.79. The number of methoxy groups -OCH3 is 1. The molecule has 0 saturated heterocycles. The molecule has 6 heteroatoms. The van der Waals surface area contributed by atoms with E-state index >= 15 is 0 Å². The van der Waals surface area contributed by atoms with Crippen molar-refractivity contribution in [2.24, 2.45) is 0 Å². The summed E-state index contributed by atoms with van der Waals surface area (Å²) in [5.74, 6) is 0.843. The first-order chi connectivity index (χ1) is 8.74. The van der Waals surface area contributed by atoms with E-state index in [0.717, 1.165) is 5.56 Å². The summed E-state index contributed by atoms with van der Waals surface area (Å²) in [6.45, 7) is 2.34. The fourth-order valence-electron chi connectivity index (χ4n) is 1.74. The summed E-state index contributed by atoms with van der Waals surface area (Å²) < 4.78 is 27.3. The molecular weight excluding hydrogens is 266 g/mol. The predicted octanol–water partition coefficient (Wildman–Crippen LogP) is 1.44. The second kappa shape index (κ2) is 6.25. The first-order valence-corrected chi connectivity index (χ1v) is 8.05. The summed E-state index contributed by atoms with van der Waals surface area (Å²) in [5.41, 5.74) is 0.747. The number of rotatable bonds is 6. The minimum absolute atomic E-state index is 0.0762. The number of nitrogens with zero attached hydrogens (tertiary/aromatic N) is 1. The molecule has 1 unspecified atom stereocenters. The molecule has 1 aromatic carbocycles. The number of hydrogen-bond acceptors (Lipinski definition) is 5. The van der Waals surface area contributed by atoms with E-state index in [2.05, 4.69) is 0 Å². The van der Waals surface area contributed by atoms with Crippen LogP contribution in [0.25, 0.3) is 0 Å². The monoisotopic (exact) mass is 287 g/mol. The van der Waals surface area contributed by atoms with Crippen LogP contribution in [0.3, 0.4) is 0 Å². The van der Waals surface area contributed by atoms with Gasteiger partial charge in [-0.1, -0.05) is 6.07 Å². The van der Waals surface area contributed by atoms with Crippen LogP contribution in [0.1, 0.15) is 18.5 Å². The summed E-state index contributed by atoms with van der Waals surface area (Å²) in [6.07, 6.45) is 1.22. The standard InChI is InChI=1S/C13H21NO4S/c1-10(14(2)7-8-19(4,16)17)12-6-5-11(18-3)9-13(12)15/h5-6,9-10,15H,7-8H2,1-4H3. The van der Waals surface area contributed by atoms with E-state index in [1.807, 2.05) is 18.9 Å². The van der Waals surface area contributed by atoms with Gasteiger partial charge in [0.15, 0.2) is 0 Å². The third-order valence-corrected chi connectivity index (χ3v) is 4.09. The molecule has 0 aliphatic carbocycles. The summed E-state index contributed by atoms with van der Waals surface area (Å²) >= 11 is 0. The number of sulfone groups is 1. The lowest BCUT2D eigenvalue weighted by molar-refractivity contribution is 0.270. The van der Waals surface area contributed by atoms with E-state index in [4.69, 9.17) is 4.74 Å². The molecule has 108 valence electrons. The van der Waals surface area contributed by atoms with Crippen LogP contribution < -0.4 is 4.74 Å². The Hall–Kier alpha value is -1.27. The fraction of sp³-hybridized carbons (Fsp3) is 0.538. The van der Waals surface area contributed by atoms with Gasteiger partial charge < -0.3 is 9.84 Å². The minimum Gasteiger partial charge on any atom is -0.507 e. The van der Waals surface area contributed by atoms with Crippen molar-refractivity contribution in [2.45, 2.75) is 13.0 Å². The molecule has 0 aromatic heterocycles. The average Bonchev–Trinajstić information content (AvgIpc) is 2.34. The summed E-state index contributed by atoms with van der Waals surface area (Å²) in [5, 5.41) is 9.94. The first-order valence-electron chi connectivity index (χ1n) is 5.99. The Kier molecular flexibility index (Phi) is 5.20. The van der Waals surface area contributed by atoms with Gasteiger partial charge in [0.1, 0.15) is 21.3 Å². The molecule has 0 bridgehead atoms. The van der Waals surface area contributed by atoms with Crippen molar-refractivity contribution in [1.29, 1.82) is 0 Å². The number of hydrogen-bond donors (Lipinski definition) is 1. The number of phenolic OH excluding ortho intramolecular Hbond substituents is 1. The second-order valence-electron chi connectivity index (χ2n) is 4.71. The maximum atomic E-state index is 11.2. The molecule has 0 heterocycles. The van der Waals surface area contributed by atoms with E-state index < -0.39 is 9.84 Å². The molecule has 1 rings (SSSR count). The van der Waals surface area contributed by atoms with Gasteiger partial charge in [0, 0.05) is 30.5 Å². The Labute approximate surface area is 114 Å². The third-order valence-electron chi connectivity index (χ3n) is 3.16. The van der Waals surface area contributed by atoms with E-state index in [0.29, 0.717) is 12.3 Å². The van der Waals surface area contributed by atoms with Crippen molar-refractivity contribution in [3.63, 3.8) is 0 Å². The molecular formula is C13H21NO4S. The number of ether oxygens (including phenoxy) is 1. The average molecular weight is 287 g/mol. The van der Waals surface area contributed by atoms with Crippen molar-refractivity contribution in [2.75, 3.05) is 32.7 Å². The highest BCUT2D eigenvalue weighted by atomic mass is 32.2. The highest BCUT2D eigenvalue weighted by molar-refractivity contribution is 7.90. The smallest absolute Gasteiger partial charge is 0.148 e. The van der Waals surface area contributed by atoms with E-state index in [9.17, 15) is 13.5 Å². The molecule has 1 atom stereocenters. The zero-order valence-electron chi connectivity index (χ0n) is 11.8. The quantitative estimate of drug-likeness (QED) is 0.857. The van der Waals surface area contributed by atoms with Crippen LogP contribution >= 0.6 is 0 Å². The largest absolute Gasteiger partial charge is 0.507 e. The maximum absolute atomic E-state index is 11.2. The van der Waals surface area contributed by atoms with Gasteiger partial charge in [-0.25, -0.2) is 8.42 Å². The molecule has 0 aliphatic rings. The Bertz CT molecular complexity index is 527. The molecule has 0 spiro atoms. The van der Waals surface area contributed by atoms with Crippen LogP contribution in [-0.4, -0.2) is 51.1 Å². The van der Waals surface area contributed by atoms with Gasteiger partial charge in [-0.2, -0.15) is 0 Å². The van der Waals surface area contributed by atoms with Gasteiger partial charge >= 0.3 is 0 Å². The minimum atomic E-state index is -2.98.